The Morgan fingerprint density at radius 2 is 1.92 bits per heavy atom. The normalized spacial score (nSPS) is 25.7. The predicted octanol–water partition coefficient (Wildman–Crippen LogP) is 4.37. The van der Waals surface area contributed by atoms with Gasteiger partial charge in [0.1, 0.15) is 0 Å². The van der Waals surface area contributed by atoms with Crippen molar-refractivity contribution < 1.29 is 4.79 Å². The van der Waals surface area contributed by atoms with Gasteiger partial charge in [0.2, 0.25) is 0 Å². The van der Waals surface area contributed by atoms with Crippen LogP contribution in [-0.2, 0) is 6.54 Å². The number of thiophene rings is 1. The Hall–Kier alpha value is -1.85. The summed E-state index contributed by atoms with van der Waals surface area (Å²) >= 11 is 1.84. The largest absolute Gasteiger partial charge is 0.335 e. The van der Waals surface area contributed by atoms with Crippen molar-refractivity contribution in [3.8, 4) is 0 Å². The Morgan fingerprint density at radius 1 is 1.16 bits per heavy atom. The minimum Gasteiger partial charge on any atom is -0.335 e. The highest BCUT2D eigenvalue weighted by molar-refractivity contribution is 7.09. The van der Waals surface area contributed by atoms with Crippen molar-refractivity contribution in [2.75, 3.05) is 5.32 Å². The van der Waals surface area contributed by atoms with Gasteiger partial charge in [-0.3, -0.25) is 4.90 Å². The second kappa shape index (κ2) is 7.18. The molecule has 2 aliphatic heterocycles. The fourth-order valence-electron chi connectivity index (χ4n) is 4.29. The van der Waals surface area contributed by atoms with Crippen LogP contribution in [0.1, 0.15) is 36.1 Å². The highest BCUT2D eigenvalue weighted by Crippen LogP contribution is 2.37. The number of hydrogen-bond acceptors (Lipinski definition) is 3. The molecule has 132 valence electrons. The first-order valence-corrected chi connectivity index (χ1v) is 9.98. The fourth-order valence-corrected chi connectivity index (χ4v) is 5.00. The molecule has 2 saturated heterocycles. The van der Waals surface area contributed by atoms with Gasteiger partial charge in [-0.25, -0.2) is 4.79 Å². The van der Waals surface area contributed by atoms with Gasteiger partial charge >= 0.3 is 6.03 Å². The molecule has 0 spiro atoms. The lowest BCUT2D eigenvalue weighted by Gasteiger charge is -2.39. The van der Waals surface area contributed by atoms with Gasteiger partial charge in [-0.15, -0.1) is 11.3 Å². The SMILES string of the molecule is Cc1ccccc1NC(=O)NC1CC2CCC(C1)N2Cc1cccs1. The van der Waals surface area contributed by atoms with Gasteiger partial charge in [0.25, 0.3) is 0 Å². The van der Waals surface area contributed by atoms with E-state index in [1.54, 1.807) is 0 Å². The lowest BCUT2D eigenvalue weighted by atomic mass is 9.97. The molecule has 2 atom stereocenters. The van der Waals surface area contributed by atoms with Crippen LogP contribution in [0, 0.1) is 6.92 Å². The van der Waals surface area contributed by atoms with Crippen molar-refractivity contribution in [2.45, 2.75) is 57.3 Å². The first-order chi connectivity index (χ1) is 12.2. The van der Waals surface area contributed by atoms with Gasteiger partial charge in [-0.05, 0) is 55.7 Å². The summed E-state index contributed by atoms with van der Waals surface area (Å²) in [5.41, 5.74) is 1.97. The minimum atomic E-state index is -0.0783. The van der Waals surface area contributed by atoms with Crippen LogP contribution in [0.25, 0.3) is 0 Å². The number of fused-ring (bicyclic) bond motifs is 2. The van der Waals surface area contributed by atoms with E-state index in [1.165, 1.54) is 17.7 Å². The number of nitrogens with zero attached hydrogens (tertiary/aromatic N) is 1. The predicted molar refractivity (Wildman–Crippen MR) is 103 cm³/mol. The van der Waals surface area contributed by atoms with Crippen LogP contribution in [0.5, 0.6) is 0 Å². The van der Waals surface area contributed by atoms with Crippen LogP contribution in [-0.4, -0.2) is 29.1 Å². The Morgan fingerprint density at radius 3 is 2.60 bits per heavy atom. The van der Waals surface area contributed by atoms with E-state index in [0.29, 0.717) is 12.1 Å². The van der Waals surface area contributed by atoms with E-state index in [0.717, 1.165) is 30.6 Å². The van der Waals surface area contributed by atoms with E-state index < -0.39 is 0 Å². The van der Waals surface area contributed by atoms with Crippen molar-refractivity contribution in [2.24, 2.45) is 0 Å². The summed E-state index contributed by atoms with van der Waals surface area (Å²) in [6, 6.07) is 13.7. The monoisotopic (exact) mass is 355 g/mol. The molecular formula is C20H25N3OS. The molecule has 2 aromatic rings. The second-order valence-corrected chi connectivity index (χ2v) is 8.25. The van der Waals surface area contributed by atoms with Crippen molar-refractivity contribution in [1.82, 2.24) is 10.2 Å². The van der Waals surface area contributed by atoms with Gasteiger partial charge in [0.05, 0.1) is 0 Å². The summed E-state index contributed by atoms with van der Waals surface area (Å²) in [6.45, 7) is 3.08. The molecule has 2 bridgehead atoms. The molecule has 2 amide bonds. The van der Waals surface area contributed by atoms with Crippen molar-refractivity contribution >= 4 is 23.1 Å². The molecule has 4 nitrogen and oxygen atoms in total. The lowest BCUT2D eigenvalue weighted by molar-refractivity contribution is 0.113. The molecule has 4 rings (SSSR count). The van der Waals surface area contributed by atoms with Crippen molar-refractivity contribution in [3.63, 3.8) is 0 Å². The molecule has 2 fully saturated rings. The Kier molecular flexibility index (Phi) is 4.77. The van der Waals surface area contributed by atoms with Gasteiger partial charge in [0, 0.05) is 35.2 Å². The number of anilines is 1. The quantitative estimate of drug-likeness (QED) is 0.855. The average Bonchev–Trinajstić information content (AvgIpc) is 3.17. The Balaban J connectivity index is 1.33. The van der Waals surface area contributed by atoms with E-state index in [4.69, 9.17) is 0 Å². The number of benzene rings is 1. The summed E-state index contributed by atoms with van der Waals surface area (Å²) in [5.74, 6) is 0. The van der Waals surface area contributed by atoms with Gasteiger partial charge in [-0.2, -0.15) is 0 Å². The molecule has 1 aromatic heterocycles. The average molecular weight is 356 g/mol. The number of aryl methyl sites for hydroxylation is 1. The van der Waals surface area contributed by atoms with E-state index in [9.17, 15) is 4.79 Å². The topological polar surface area (TPSA) is 44.4 Å². The third-order valence-electron chi connectivity index (χ3n) is 5.53. The summed E-state index contributed by atoms with van der Waals surface area (Å²) < 4.78 is 0. The van der Waals surface area contributed by atoms with Crippen LogP contribution >= 0.6 is 11.3 Å². The minimum absolute atomic E-state index is 0.0783. The number of para-hydroxylation sites is 1. The molecule has 2 aliphatic rings. The molecule has 0 aliphatic carbocycles. The molecule has 0 radical (unpaired) electrons. The highest BCUT2D eigenvalue weighted by Gasteiger charge is 2.41. The van der Waals surface area contributed by atoms with Gasteiger partial charge in [0.15, 0.2) is 0 Å². The zero-order valence-electron chi connectivity index (χ0n) is 14.6. The summed E-state index contributed by atoms with van der Waals surface area (Å²) in [5, 5.41) is 8.35. The van der Waals surface area contributed by atoms with Crippen LogP contribution in [0.2, 0.25) is 0 Å². The number of nitrogens with one attached hydrogen (secondary N) is 2. The molecule has 3 heterocycles. The van der Waals surface area contributed by atoms with E-state index in [-0.39, 0.29) is 12.1 Å². The number of piperidine rings is 1. The Labute approximate surface area is 153 Å². The number of urea groups is 1. The van der Waals surface area contributed by atoms with Crippen LogP contribution in [0.4, 0.5) is 10.5 Å². The molecule has 2 unspecified atom stereocenters. The smallest absolute Gasteiger partial charge is 0.319 e. The third kappa shape index (κ3) is 3.72. The van der Waals surface area contributed by atoms with Crippen molar-refractivity contribution in [1.29, 1.82) is 0 Å². The molecular weight excluding hydrogens is 330 g/mol. The first kappa shape index (κ1) is 16.6. The van der Waals surface area contributed by atoms with E-state index >= 15 is 0 Å². The zero-order chi connectivity index (χ0) is 17.2. The first-order valence-electron chi connectivity index (χ1n) is 9.10. The Bertz CT molecular complexity index is 716. The maximum absolute atomic E-state index is 12.4. The third-order valence-corrected chi connectivity index (χ3v) is 6.39. The zero-order valence-corrected chi connectivity index (χ0v) is 15.4. The second-order valence-electron chi connectivity index (χ2n) is 7.22. The molecule has 1 aromatic carbocycles. The van der Waals surface area contributed by atoms with Gasteiger partial charge in [-0.1, -0.05) is 24.3 Å². The van der Waals surface area contributed by atoms with Crippen LogP contribution < -0.4 is 10.6 Å². The number of hydrogen-bond donors (Lipinski definition) is 2. The van der Waals surface area contributed by atoms with Crippen LogP contribution in [0.15, 0.2) is 41.8 Å². The molecule has 5 heteroatoms. The maximum atomic E-state index is 12.4. The van der Waals surface area contributed by atoms with Gasteiger partial charge < -0.3 is 10.6 Å². The standard InChI is InChI=1S/C20H25N3OS/c1-14-5-2-3-7-19(14)22-20(24)21-15-11-16-8-9-17(12-15)23(16)13-18-6-4-10-25-18/h2-7,10,15-17H,8-9,11-13H2,1H3,(H2,21,22,24). The lowest BCUT2D eigenvalue weighted by Crippen LogP contribution is -2.50. The number of rotatable bonds is 4. The summed E-state index contributed by atoms with van der Waals surface area (Å²) in [7, 11) is 0. The fraction of sp³-hybridized carbons (Fsp3) is 0.450. The molecule has 0 saturated carbocycles. The van der Waals surface area contributed by atoms with E-state index in [2.05, 4.69) is 33.0 Å². The van der Waals surface area contributed by atoms with Crippen LogP contribution in [0.3, 0.4) is 0 Å². The van der Waals surface area contributed by atoms with Crippen molar-refractivity contribution in [3.05, 3.63) is 52.2 Å². The maximum Gasteiger partial charge on any atom is 0.319 e. The molecule has 25 heavy (non-hydrogen) atoms. The number of amides is 2. The molecule has 2 N–H and O–H groups in total. The number of carbonyl (C=O) groups excluding carboxylic acids is 1. The summed E-state index contributed by atoms with van der Waals surface area (Å²) in [4.78, 5) is 16.5. The van der Waals surface area contributed by atoms with E-state index in [1.807, 2.05) is 42.5 Å². The highest BCUT2D eigenvalue weighted by atomic mass is 32.1. The number of carbonyl (C=O) groups is 1. The summed E-state index contributed by atoms with van der Waals surface area (Å²) in [6.07, 6.45) is 4.63.